The van der Waals surface area contributed by atoms with Crippen molar-refractivity contribution in [2.45, 2.75) is 16.8 Å². The Morgan fingerprint density at radius 3 is 2.24 bits per heavy atom. The van der Waals surface area contributed by atoms with E-state index in [9.17, 15) is 8.42 Å². The topological polar surface area (TPSA) is 62.3 Å². The van der Waals surface area contributed by atoms with E-state index in [2.05, 4.69) is 10.3 Å². The van der Waals surface area contributed by atoms with E-state index in [4.69, 9.17) is 0 Å². The first-order chi connectivity index (χ1) is 11.9. The molecule has 5 nitrogen and oxygen atoms in total. The van der Waals surface area contributed by atoms with Crippen molar-refractivity contribution in [2.24, 2.45) is 0 Å². The monoisotopic (exact) mass is 373 g/mol. The van der Waals surface area contributed by atoms with Crippen LogP contribution in [0.4, 0.5) is 16.4 Å². The summed E-state index contributed by atoms with van der Waals surface area (Å²) in [5.74, 6) is 0. The molecule has 7 heteroatoms. The van der Waals surface area contributed by atoms with Crippen LogP contribution in [0.5, 0.6) is 0 Å². The molecule has 0 saturated carbocycles. The van der Waals surface area contributed by atoms with Crippen molar-refractivity contribution >= 4 is 37.5 Å². The number of nitrogens with one attached hydrogen (secondary N) is 1. The van der Waals surface area contributed by atoms with E-state index in [0.717, 1.165) is 16.9 Å². The first-order valence-electron chi connectivity index (χ1n) is 7.67. The van der Waals surface area contributed by atoms with Crippen molar-refractivity contribution in [2.75, 3.05) is 24.3 Å². The van der Waals surface area contributed by atoms with Gasteiger partial charge in [-0.15, -0.1) is 11.3 Å². The summed E-state index contributed by atoms with van der Waals surface area (Å²) in [4.78, 5) is 6.34. The summed E-state index contributed by atoms with van der Waals surface area (Å²) < 4.78 is 25.7. The molecule has 0 bridgehead atoms. The Balaban J connectivity index is 1.91. The summed E-state index contributed by atoms with van der Waals surface area (Å²) in [7, 11) is 0.284. The summed E-state index contributed by atoms with van der Waals surface area (Å²) in [5.41, 5.74) is 4.44. The molecule has 0 aliphatic heterocycles. The van der Waals surface area contributed by atoms with Gasteiger partial charge < -0.3 is 10.2 Å². The molecule has 0 unspecified atom stereocenters. The quantitative estimate of drug-likeness (QED) is 0.730. The van der Waals surface area contributed by atoms with Crippen LogP contribution >= 0.6 is 11.3 Å². The molecule has 0 spiro atoms. The van der Waals surface area contributed by atoms with Crippen LogP contribution in [0.3, 0.4) is 0 Å². The summed E-state index contributed by atoms with van der Waals surface area (Å²) in [6.45, 7) is 1.92. The maximum Gasteiger partial charge on any atom is 0.226 e. The van der Waals surface area contributed by atoms with Crippen molar-refractivity contribution in [1.29, 1.82) is 0 Å². The molecule has 0 fully saturated rings. The maximum absolute atomic E-state index is 12.9. The van der Waals surface area contributed by atoms with Crippen LogP contribution in [0.1, 0.15) is 5.56 Å². The Bertz CT molecular complexity index is 960. The molecule has 0 saturated heterocycles. The number of hydrogen-bond acceptors (Lipinski definition) is 6. The molecule has 1 N–H and O–H groups in total. The minimum absolute atomic E-state index is 0.0537. The molecule has 1 aromatic heterocycles. The highest BCUT2D eigenvalue weighted by Crippen LogP contribution is 2.32. The van der Waals surface area contributed by atoms with Crippen LogP contribution < -0.4 is 10.2 Å². The molecular weight excluding hydrogens is 354 g/mol. The molecule has 3 rings (SSSR count). The lowest BCUT2D eigenvalue weighted by Gasteiger charge is -2.13. The van der Waals surface area contributed by atoms with Crippen molar-refractivity contribution in [3.63, 3.8) is 0 Å². The highest BCUT2D eigenvalue weighted by atomic mass is 32.2. The molecule has 0 atom stereocenters. The summed E-state index contributed by atoms with van der Waals surface area (Å²) in [5, 5.41) is 3.73. The van der Waals surface area contributed by atoms with Gasteiger partial charge in [-0.25, -0.2) is 13.4 Å². The predicted octanol–water partition coefficient (Wildman–Crippen LogP) is 4.09. The predicted molar refractivity (Wildman–Crippen MR) is 103 cm³/mol. The van der Waals surface area contributed by atoms with Gasteiger partial charge in [-0.2, -0.15) is 0 Å². The average molecular weight is 374 g/mol. The normalized spacial score (nSPS) is 11.3. The highest BCUT2D eigenvalue weighted by Gasteiger charge is 2.24. The fourth-order valence-corrected chi connectivity index (χ4v) is 4.65. The summed E-state index contributed by atoms with van der Waals surface area (Å²) in [6.07, 6.45) is 0. The molecule has 3 aromatic rings. The van der Waals surface area contributed by atoms with Gasteiger partial charge in [-0.05, 0) is 43.3 Å². The van der Waals surface area contributed by atoms with Gasteiger partial charge in [0.05, 0.1) is 10.4 Å². The third-order valence-electron chi connectivity index (χ3n) is 3.76. The van der Waals surface area contributed by atoms with Crippen LogP contribution in [0.25, 0.3) is 0 Å². The molecule has 0 aliphatic carbocycles. The van der Waals surface area contributed by atoms with E-state index in [1.165, 1.54) is 16.8 Å². The minimum atomic E-state index is -3.66. The van der Waals surface area contributed by atoms with Gasteiger partial charge in [0.15, 0.2) is 5.03 Å². The zero-order chi connectivity index (χ0) is 18.0. The van der Waals surface area contributed by atoms with Crippen molar-refractivity contribution in [3.05, 3.63) is 59.6 Å². The number of thiazole rings is 1. The van der Waals surface area contributed by atoms with E-state index in [0.29, 0.717) is 5.00 Å². The largest absolute Gasteiger partial charge is 0.378 e. The number of aryl methyl sites for hydroxylation is 1. The number of rotatable bonds is 5. The van der Waals surface area contributed by atoms with Crippen molar-refractivity contribution in [3.8, 4) is 0 Å². The van der Waals surface area contributed by atoms with Gasteiger partial charge in [0.25, 0.3) is 0 Å². The Hall–Kier alpha value is -2.38. The number of sulfone groups is 1. The van der Waals surface area contributed by atoms with Gasteiger partial charge in [0.1, 0.15) is 5.00 Å². The second-order valence-corrected chi connectivity index (χ2v) is 8.59. The summed E-state index contributed by atoms with van der Waals surface area (Å²) in [6, 6.07) is 14.6. The fourth-order valence-electron chi connectivity index (χ4n) is 2.31. The number of aromatic nitrogens is 1. The van der Waals surface area contributed by atoms with Crippen molar-refractivity contribution in [1.82, 2.24) is 4.98 Å². The van der Waals surface area contributed by atoms with Crippen LogP contribution in [-0.2, 0) is 9.84 Å². The zero-order valence-corrected chi connectivity index (χ0v) is 15.9. The molecule has 0 amide bonds. The van der Waals surface area contributed by atoms with Gasteiger partial charge in [0.2, 0.25) is 9.84 Å². The van der Waals surface area contributed by atoms with Gasteiger partial charge >= 0.3 is 0 Å². The lowest BCUT2D eigenvalue weighted by molar-refractivity contribution is 0.593. The zero-order valence-electron chi connectivity index (χ0n) is 14.2. The van der Waals surface area contributed by atoms with E-state index in [1.54, 1.807) is 24.3 Å². The van der Waals surface area contributed by atoms with Crippen LogP contribution in [0.2, 0.25) is 0 Å². The Morgan fingerprint density at radius 2 is 1.64 bits per heavy atom. The third kappa shape index (κ3) is 3.67. The second kappa shape index (κ2) is 6.85. The summed E-state index contributed by atoms with van der Waals surface area (Å²) >= 11 is 1.27. The molecule has 130 valence electrons. The third-order valence-corrected chi connectivity index (χ3v) is 6.34. The van der Waals surface area contributed by atoms with Crippen LogP contribution in [-0.4, -0.2) is 27.5 Å². The highest BCUT2D eigenvalue weighted by molar-refractivity contribution is 7.91. The average Bonchev–Trinajstić information content (AvgIpc) is 3.05. The lowest BCUT2D eigenvalue weighted by Crippen LogP contribution is -2.08. The van der Waals surface area contributed by atoms with Gasteiger partial charge in [0, 0.05) is 25.5 Å². The van der Waals surface area contributed by atoms with Crippen LogP contribution in [0, 0.1) is 6.92 Å². The molecule has 0 aliphatic rings. The first-order valence-corrected chi connectivity index (χ1v) is 10.0. The number of nitrogens with zero attached hydrogens (tertiary/aromatic N) is 2. The van der Waals surface area contributed by atoms with Crippen LogP contribution in [0.15, 0.2) is 64.0 Å². The van der Waals surface area contributed by atoms with Gasteiger partial charge in [-0.3, -0.25) is 0 Å². The Morgan fingerprint density at radius 1 is 1.00 bits per heavy atom. The Labute approximate surface area is 151 Å². The molecule has 0 radical (unpaired) electrons. The number of anilines is 3. The van der Waals surface area contributed by atoms with E-state index >= 15 is 0 Å². The first kappa shape index (κ1) is 17.4. The lowest BCUT2D eigenvalue weighted by atomic mass is 10.2. The minimum Gasteiger partial charge on any atom is -0.378 e. The van der Waals surface area contributed by atoms with E-state index < -0.39 is 9.84 Å². The van der Waals surface area contributed by atoms with Crippen molar-refractivity contribution < 1.29 is 8.42 Å². The number of benzene rings is 2. The second-order valence-electron chi connectivity index (χ2n) is 5.87. The standard InChI is InChI=1S/C18H19N3O2S2/c1-13-4-10-16(11-5-13)25(22,23)18-17(24-12-19-18)20-14-6-8-15(9-7-14)21(2)3/h4-12,20H,1-3H3. The molecule has 25 heavy (non-hydrogen) atoms. The molecule has 1 heterocycles. The molecule has 2 aromatic carbocycles. The van der Waals surface area contributed by atoms with E-state index in [1.807, 2.05) is 50.2 Å². The fraction of sp³-hybridized carbons (Fsp3) is 0.167. The van der Waals surface area contributed by atoms with E-state index in [-0.39, 0.29) is 9.92 Å². The van der Waals surface area contributed by atoms with Gasteiger partial charge in [-0.1, -0.05) is 17.7 Å². The molecular formula is C18H19N3O2S2. The Kier molecular flexibility index (Phi) is 4.78. The smallest absolute Gasteiger partial charge is 0.226 e. The SMILES string of the molecule is Cc1ccc(S(=O)(=O)c2ncsc2Nc2ccc(N(C)C)cc2)cc1. The number of hydrogen-bond donors (Lipinski definition) is 1. The maximum atomic E-state index is 12.9.